The van der Waals surface area contributed by atoms with Gasteiger partial charge in [0, 0.05) is 37.3 Å². The van der Waals surface area contributed by atoms with E-state index in [0.29, 0.717) is 12.2 Å². The number of aromatic amines is 1. The number of hydrogen-bond acceptors (Lipinski definition) is 4. The molecule has 0 spiro atoms. The van der Waals surface area contributed by atoms with Crippen molar-refractivity contribution in [3.63, 3.8) is 0 Å². The van der Waals surface area contributed by atoms with Crippen molar-refractivity contribution in [2.24, 2.45) is 0 Å². The summed E-state index contributed by atoms with van der Waals surface area (Å²) in [6, 6.07) is 18.7. The van der Waals surface area contributed by atoms with E-state index < -0.39 is 0 Å². The predicted molar refractivity (Wildman–Crippen MR) is 125 cm³/mol. The molecule has 0 bridgehead atoms. The number of nitrogens with zero attached hydrogens (tertiary/aromatic N) is 3. The number of amides is 1. The second kappa shape index (κ2) is 9.27. The van der Waals surface area contributed by atoms with E-state index in [4.69, 9.17) is 4.74 Å². The summed E-state index contributed by atoms with van der Waals surface area (Å²) in [4.78, 5) is 17.9. The number of rotatable bonds is 7. The van der Waals surface area contributed by atoms with E-state index in [0.717, 1.165) is 68.1 Å². The molecule has 0 saturated carbocycles. The van der Waals surface area contributed by atoms with Gasteiger partial charge in [0.2, 0.25) is 0 Å². The highest BCUT2D eigenvalue weighted by Crippen LogP contribution is 2.42. The zero-order valence-electron chi connectivity index (χ0n) is 18.6. The van der Waals surface area contributed by atoms with Crippen LogP contribution in [0.25, 0.3) is 11.3 Å². The molecule has 1 fully saturated rings. The van der Waals surface area contributed by atoms with Crippen LogP contribution in [-0.2, 0) is 11.2 Å². The van der Waals surface area contributed by atoms with E-state index in [1.54, 1.807) is 0 Å². The molecule has 32 heavy (non-hydrogen) atoms. The monoisotopic (exact) mass is 430 g/mol. The molecule has 2 aliphatic heterocycles. The van der Waals surface area contributed by atoms with Gasteiger partial charge in [0.15, 0.2) is 0 Å². The fourth-order valence-electron chi connectivity index (χ4n) is 4.81. The number of benzene rings is 2. The van der Waals surface area contributed by atoms with Crippen LogP contribution in [0.15, 0.2) is 54.6 Å². The zero-order valence-corrected chi connectivity index (χ0v) is 18.6. The maximum atomic E-state index is 13.5. The normalized spacial score (nSPS) is 18.8. The Balaban J connectivity index is 1.46. The van der Waals surface area contributed by atoms with Gasteiger partial charge in [-0.05, 0) is 24.0 Å². The van der Waals surface area contributed by atoms with E-state index in [2.05, 4.69) is 58.4 Å². The molecule has 166 valence electrons. The highest BCUT2D eigenvalue weighted by molar-refractivity contribution is 6.00. The summed E-state index contributed by atoms with van der Waals surface area (Å²) in [7, 11) is 0. The molecule has 3 heterocycles. The van der Waals surface area contributed by atoms with Crippen LogP contribution < -0.4 is 0 Å². The van der Waals surface area contributed by atoms with E-state index in [-0.39, 0.29) is 11.9 Å². The van der Waals surface area contributed by atoms with Crippen molar-refractivity contribution >= 4 is 5.91 Å². The molecule has 3 aromatic rings. The molecule has 5 rings (SSSR count). The fraction of sp³-hybridized carbons (Fsp3) is 0.385. The first kappa shape index (κ1) is 20.9. The van der Waals surface area contributed by atoms with E-state index in [9.17, 15) is 4.79 Å². The lowest BCUT2D eigenvalue weighted by Gasteiger charge is -2.29. The lowest BCUT2D eigenvalue weighted by Crippen LogP contribution is -2.38. The minimum Gasteiger partial charge on any atom is -0.379 e. The number of hydrogen-bond donors (Lipinski definition) is 1. The van der Waals surface area contributed by atoms with Gasteiger partial charge in [-0.15, -0.1) is 0 Å². The van der Waals surface area contributed by atoms with Crippen LogP contribution in [0.3, 0.4) is 0 Å². The Morgan fingerprint density at radius 3 is 2.50 bits per heavy atom. The third-order valence-corrected chi connectivity index (χ3v) is 6.59. The molecule has 6 nitrogen and oxygen atoms in total. The zero-order chi connectivity index (χ0) is 21.9. The summed E-state index contributed by atoms with van der Waals surface area (Å²) >= 11 is 0. The number of carbonyl (C=O) groups excluding carboxylic acids is 1. The first-order chi connectivity index (χ1) is 15.8. The Bertz CT molecular complexity index is 1060. The minimum absolute atomic E-state index is 0.0428. The highest BCUT2D eigenvalue weighted by Gasteiger charge is 2.41. The molecular weight excluding hydrogens is 400 g/mol. The molecule has 1 atom stereocenters. The van der Waals surface area contributed by atoms with Gasteiger partial charge in [-0.1, -0.05) is 61.5 Å². The lowest BCUT2D eigenvalue weighted by atomic mass is 9.95. The SMILES string of the molecule is CCc1ccc(C2c3c(-c4ccccc4)n[nH]c3C(=O)N2CCCN2CCOCC2)cc1. The van der Waals surface area contributed by atoms with Crippen LogP contribution in [-0.4, -0.2) is 65.3 Å². The molecule has 1 amide bonds. The van der Waals surface area contributed by atoms with Crippen molar-refractivity contribution in [1.82, 2.24) is 20.0 Å². The van der Waals surface area contributed by atoms with Crippen LogP contribution in [0, 0.1) is 0 Å². The fourth-order valence-corrected chi connectivity index (χ4v) is 4.81. The van der Waals surface area contributed by atoms with Crippen LogP contribution >= 0.6 is 0 Å². The van der Waals surface area contributed by atoms with Crippen molar-refractivity contribution in [3.05, 3.63) is 77.0 Å². The standard InChI is InChI=1S/C26H30N4O2/c1-2-19-9-11-21(12-10-19)25-22-23(20-7-4-3-5-8-20)27-28-24(22)26(31)30(25)14-6-13-29-15-17-32-18-16-29/h3-5,7-12,25H,2,6,13-18H2,1H3,(H,27,28). The Morgan fingerprint density at radius 1 is 1.03 bits per heavy atom. The average molecular weight is 431 g/mol. The third-order valence-electron chi connectivity index (χ3n) is 6.59. The van der Waals surface area contributed by atoms with Crippen molar-refractivity contribution in [2.45, 2.75) is 25.8 Å². The van der Waals surface area contributed by atoms with Crippen LogP contribution in [0.2, 0.25) is 0 Å². The number of aromatic nitrogens is 2. The number of H-pyrrole nitrogens is 1. The summed E-state index contributed by atoms with van der Waals surface area (Å²) in [6.45, 7) is 7.39. The van der Waals surface area contributed by atoms with Crippen molar-refractivity contribution in [3.8, 4) is 11.3 Å². The van der Waals surface area contributed by atoms with Crippen molar-refractivity contribution in [2.75, 3.05) is 39.4 Å². The van der Waals surface area contributed by atoms with Gasteiger partial charge in [-0.25, -0.2) is 0 Å². The van der Waals surface area contributed by atoms with Gasteiger partial charge in [0.25, 0.3) is 5.91 Å². The Hall–Kier alpha value is -2.96. The molecule has 0 aliphatic carbocycles. The van der Waals surface area contributed by atoms with Gasteiger partial charge >= 0.3 is 0 Å². The first-order valence-corrected chi connectivity index (χ1v) is 11.6. The molecule has 1 N–H and O–H groups in total. The van der Waals surface area contributed by atoms with Gasteiger partial charge in [-0.2, -0.15) is 5.10 Å². The Morgan fingerprint density at radius 2 is 1.78 bits per heavy atom. The molecule has 2 aromatic carbocycles. The van der Waals surface area contributed by atoms with Crippen LogP contribution in [0.1, 0.15) is 46.6 Å². The smallest absolute Gasteiger partial charge is 0.273 e. The number of carbonyl (C=O) groups is 1. The van der Waals surface area contributed by atoms with Crippen molar-refractivity contribution in [1.29, 1.82) is 0 Å². The topological polar surface area (TPSA) is 61.5 Å². The van der Waals surface area contributed by atoms with E-state index in [1.165, 1.54) is 5.56 Å². The average Bonchev–Trinajstić information content (AvgIpc) is 3.40. The van der Waals surface area contributed by atoms with Crippen molar-refractivity contribution < 1.29 is 9.53 Å². The van der Waals surface area contributed by atoms with Gasteiger partial charge in [0.1, 0.15) is 5.69 Å². The first-order valence-electron chi connectivity index (χ1n) is 11.6. The van der Waals surface area contributed by atoms with Gasteiger partial charge in [0.05, 0.1) is 24.9 Å². The lowest BCUT2D eigenvalue weighted by molar-refractivity contribution is 0.0354. The summed E-state index contributed by atoms with van der Waals surface area (Å²) < 4.78 is 5.46. The Labute approximate surface area is 189 Å². The molecule has 2 aliphatic rings. The minimum atomic E-state index is -0.123. The number of ether oxygens (including phenoxy) is 1. The molecule has 6 heteroatoms. The summed E-state index contributed by atoms with van der Waals surface area (Å²) in [6.07, 6.45) is 1.94. The molecule has 1 unspecified atom stereocenters. The van der Waals surface area contributed by atoms with Crippen LogP contribution in [0.5, 0.6) is 0 Å². The number of aryl methyl sites for hydroxylation is 1. The molecule has 0 radical (unpaired) electrons. The van der Waals surface area contributed by atoms with E-state index >= 15 is 0 Å². The number of nitrogens with one attached hydrogen (secondary N) is 1. The highest BCUT2D eigenvalue weighted by atomic mass is 16.5. The summed E-state index contributed by atoms with van der Waals surface area (Å²) in [5.41, 5.74) is 5.96. The quantitative estimate of drug-likeness (QED) is 0.617. The van der Waals surface area contributed by atoms with Gasteiger partial charge in [-0.3, -0.25) is 14.8 Å². The number of fused-ring (bicyclic) bond motifs is 1. The Kier molecular flexibility index (Phi) is 6.06. The second-order valence-corrected chi connectivity index (χ2v) is 8.53. The van der Waals surface area contributed by atoms with E-state index in [1.807, 2.05) is 23.1 Å². The third kappa shape index (κ3) is 3.96. The molecular formula is C26H30N4O2. The van der Waals surface area contributed by atoms with Crippen LogP contribution in [0.4, 0.5) is 0 Å². The summed E-state index contributed by atoms with van der Waals surface area (Å²) in [5.74, 6) is 0.0428. The van der Waals surface area contributed by atoms with Gasteiger partial charge < -0.3 is 9.64 Å². The predicted octanol–water partition coefficient (Wildman–Crippen LogP) is 3.91. The molecule has 1 saturated heterocycles. The second-order valence-electron chi connectivity index (χ2n) is 8.53. The summed E-state index contributed by atoms with van der Waals surface area (Å²) in [5, 5.41) is 7.62. The molecule has 1 aromatic heterocycles. The maximum Gasteiger partial charge on any atom is 0.273 e. The largest absolute Gasteiger partial charge is 0.379 e. The maximum absolute atomic E-state index is 13.5. The number of morpholine rings is 1.